The highest BCUT2D eigenvalue weighted by Crippen LogP contribution is 2.45. The SMILES string of the molecule is NCC1COc2cccc(-c3c(Cl)cccc3Cl)c2O1. The first-order chi connectivity index (χ1) is 9.70. The summed E-state index contributed by atoms with van der Waals surface area (Å²) < 4.78 is 11.6. The molecule has 20 heavy (non-hydrogen) atoms. The van der Waals surface area contributed by atoms with E-state index in [9.17, 15) is 0 Å². The quantitative estimate of drug-likeness (QED) is 0.918. The number of fused-ring (bicyclic) bond motifs is 1. The van der Waals surface area contributed by atoms with Crippen LogP contribution in [0, 0.1) is 0 Å². The minimum absolute atomic E-state index is 0.162. The van der Waals surface area contributed by atoms with Gasteiger partial charge >= 0.3 is 0 Å². The molecule has 2 N–H and O–H groups in total. The molecule has 0 amide bonds. The van der Waals surface area contributed by atoms with Crippen LogP contribution in [0.4, 0.5) is 0 Å². The number of rotatable bonds is 2. The molecule has 0 radical (unpaired) electrons. The van der Waals surface area contributed by atoms with E-state index in [1.165, 1.54) is 0 Å². The van der Waals surface area contributed by atoms with Crippen LogP contribution in [0.1, 0.15) is 0 Å². The van der Waals surface area contributed by atoms with Gasteiger partial charge in [-0.1, -0.05) is 41.4 Å². The molecule has 1 aliphatic rings. The molecule has 0 fully saturated rings. The Morgan fingerprint density at radius 3 is 2.50 bits per heavy atom. The van der Waals surface area contributed by atoms with E-state index >= 15 is 0 Å². The Bertz CT molecular complexity index is 626. The van der Waals surface area contributed by atoms with E-state index in [0.717, 1.165) is 11.1 Å². The second-order valence-electron chi connectivity index (χ2n) is 4.52. The molecule has 0 bridgehead atoms. The van der Waals surface area contributed by atoms with Gasteiger partial charge < -0.3 is 15.2 Å². The van der Waals surface area contributed by atoms with Crippen molar-refractivity contribution in [3.05, 3.63) is 46.4 Å². The maximum atomic E-state index is 6.27. The van der Waals surface area contributed by atoms with E-state index in [2.05, 4.69) is 0 Å². The van der Waals surface area contributed by atoms with Gasteiger partial charge in [0.05, 0.1) is 10.0 Å². The molecule has 0 saturated carbocycles. The second-order valence-corrected chi connectivity index (χ2v) is 5.33. The van der Waals surface area contributed by atoms with Crippen LogP contribution in [0.2, 0.25) is 10.0 Å². The number of halogens is 2. The van der Waals surface area contributed by atoms with Gasteiger partial charge in [-0.3, -0.25) is 0 Å². The highest BCUT2D eigenvalue weighted by molar-refractivity contribution is 6.39. The molecule has 1 atom stereocenters. The van der Waals surface area contributed by atoms with Crippen LogP contribution in [-0.2, 0) is 0 Å². The first-order valence-corrected chi connectivity index (χ1v) is 7.03. The number of nitrogens with two attached hydrogens (primary N) is 1. The van der Waals surface area contributed by atoms with Gasteiger partial charge in [0.1, 0.15) is 12.7 Å². The number of benzene rings is 2. The van der Waals surface area contributed by atoms with E-state index in [1.54, 1.807) is 12.1 Å². The zero-order valence-electron chi connectivity index (χ0n) is 10.6. The predicted octanol–water partition coefficient (Wildman–Crippen LogP) is 3.76. The van der Waals surface area contributed by atoms with Crippen LogP contribution in [0.5, 0.6) is 11.5 Å². The minimum Gasteiger partial charge on any atom is -0.486 e. The van der Waals surface area contributed by atoms with Gasteiger partial charge in [0.15, 0.2) is 11.5 Å². The average molecular weight is 310 g/mol. The Labute approximate surface area is 127 Å². The molecule has 1 heterocycles. The van der Waals surface area contributed by atoms with Crippen molar-refractivity contribution in [1.29, 1.82) is 0 Å². The number of hydrogen-bond donors (Lipinski definition) is 1. The number of ether oxygens (including phenoxy) is 2. The third-order valence-electron chi connectivity index (χ3n) is 3.18. The number of para-hydroxylation sites is 1. The van der Waals surface area contributed by atoms with Gasteiger partial charge in [0, 0.05) is 17.7 Å². The Hall–Kier alpha value is -1.42. The molecule has 0 saturated heterocycles. The zero-order chi connectivity index (χ0) is 14.1. The molecule has 2 aromatic rings. The van der Waals surface area contributed by atoms with Gasteiger partial charge in [0.25, 0.3) is 0 Å². The molecule has 0 aliphatic carbocycles. The first kappa shape index (κ1) is 13.6. The first-order valence-electron chi connectivity index (χ1n) is 6.27. The Kier molecular flexibility index (Phi) is 3.74. The van der Waals surface area contributed by atoms with Crippen LogP contribution in [0.3, 0.4) is 0 Å². The molecule has 3 nitrogen and oxygen atoms in total. The van der Waals surface area contributed by atoms with Crippen molar-refractivity contribution in [3.8, 4) is 22.6 Å². The van der Waals surface area contributed by atoms with Crippen LogP contribution in [-0.4, -0.2) is 19.3 Å². The van der Waals surface area contributed by atoms with Gasteiger partial charge in [0.2, 0.25) is 0 Å². The molecule has 1 aliphatic heterocycles. The highest BCUT2D eigenvalue weighted by atomic mass is 35.5. The topological polar surface area (TPSA) is 44.5 Å². The summed E-state index contributed by atoms with van der Waals surface area (Å²) in [5.41, 5.74) is 7.21. The van der Waals surface area contributed by atoms with Crippen molar-refractivity contribution in [1.82, 2.24) is 0 Å². The van der Waals surface area contributed by atoms with E-state index in [1.807, 2.05) is 24.3 Å². The van der Waals surface area contributed by atoms with Crippen molar-refractivity contribution >= 4 is 23.2 Å². The fraction of sp³-hybridized carbons (Fsp3) is 0.200. The third kappa shape index (κ3) is 2.33. The van der Waals surface area contributed by atoms with E-state index in [4.69, 9.17) is 38.4 Å². The maximum Gasteiger partial charge on any atom is 0.169 e. The lowest BCUT2D eigenvalue weighted by atomic mass is 10.0. The molecule has 5 heteroatoms. The highest BCUT2D eigenvalue weighted by Gasteiger charge is 2.24. The summed E-state index contributed by atoms with van der Waals surface area (Å²) in [7, 11) is 0. The van der Waals surface area contributed by atoms with Crippen LogP contribution >= 0.6 is 23.2 Å². The summed E-state index contributed by atoms with van der Waals surface area (Å²) in [6, 6.07) is 11.1. The Morgan fingerprint density at radius 1 is 1.10 bits per heavy atom. The molecule has 0 spiro atoms. The fourth-order valence-corrected chi connectivity index (χ4v) is 2.80. The third-order valence-corrected chi connectivity index (χ3v) is 3.81. The smallest absolute Gasteiger partial charge is 0.169 e. The number of hydrogen-bond acceptors (Lipinski definition) is 3. The van der Waals surface area contributed by atoms with Gasteiger partial charge in [-0.05, 0) is 18.2 Å². The van der Waals surface area contributed by atoms with Crippen molar-refractivity contribution in [2.75, 3.05) is 13.2 Å². The monoisotopic (exact) mass is 309 g/mol. The predicted molar refractivity (Wildman–Crippen MR) is 80.9 cm³/mol. The summed E-state index contributed by atoms with van der Waals surface area (Å²) in [5, 5.41) is 1.15. The average Bonchev–Trinajstić information content (AvgIpc) is 2.47. The van der Waals surface area contributed by atoms with Crippen molar-refractivity contribution < 1.29 is 9.47 Å². The summed E-state index contributed by atoms with van der Waals surface area (Å²) in [6.07, 6.45) is -0.162. The second kappa shape index (κ2) is 5.52. The van der Waals surface area contributed by atoms with Crippen molar-refractivity contribution in [2.24, 2.45) is 5.73 Å². The summed E-state index contributed by atoms with van der Waals surface area (Å²) >= 11 is 12.5. The van der Waals surface area contributed by atoms with E-state index in [0.29, 0.717) is 34.7 Å². The maximum absolute atomic E-state index is 6.27. The van der Waals surface area contributed by atoms with Gasteiger partial charge in [-0.15, -0.1) is 0 Å². The van der Waals surface area contributed by atoms with Crippen molar-refractivity contribution in [3.63, 3.8) is 0 Å². The van der Waals surface area contributed by atoms with E-state index in [-0.39, 0.29) is 6.10 Å². The van der Waals surface area contributed by atoms with Gasteiger partial charge in [-0.25, -0.2) is 0 Å². The largest absolute Gasteiger partial charge is 0.486 e. The lowest BCUT2D eigenvalue weighted by Crippen LogP contribution is -2.35. The molecular formula is C15H13Cl2NO2. The lowest BCUT2D eigenvalue weighted by molar-refractivity contribution is 0.0976. The normalized spacial score (nSPS) is 17.1. The zero-order valence-corrected chi connectivity index (χ0v) is 12.1. The molecular weight excluding hydrogens is 297 g/mol. The summed E-state index contributed by atoms with van der Waals surface area (Å²) in [5.74, 6) is 1.33. The van der Waals surface area contributed by atoms with Crippen LogP contribution < -0.4 is 15.2 Å². The standard InChI is InChI=1S/C15H13Cl2NO2/c16-11-4-2-5-12(17)14(11)10-3-1-6-13-15(10)20-9(7-18)8-19-13/h1-6,9H,7-8,18H2. The molecule has 2 aromatic carbocycles. The molecule has 104 valence electrons. The fourth-order valence-electron chi connectivity index (χ4n) is 2.20. The minimum atomic E-state index is -0.162. The van der Waals surface area contributed by atoms with Crippen LogP contribution in [0.25, 0.3) is 11.1 Å². The molecule has 3 rings (SSSR count). The summed E-state index contributed by atoms with van der Waals surface area (Å²) in [6.45, 7) is 0.841. The van der Waals surface area contributed by atoms with Crippen molar-refractivity contribution in [2.45, 2.75) is 6.10 Å². The molecule has 1 unspecified atom stereocenters. The Balaban J connectivity index is 2.16. The van der Waals surface area contributed by atoms with Crippen LogP contribution in [0.15, 0.2) is 36.4 Å². The molecule has 0 aromatic heterocycles. The summed E-state index contributed by atoms with van der Waals surface area (Å²) in [4.78, 5) is 0. The lowest BCUT2D eigenvalue weighted by Gasteiger charge is -2.27. The van der Waals surface area contributed by atoms with E-state index < -0.39 is 0 Å². The Morgan fingerprint density at radius 2 is 1.80 bits per heavy atom. The van der Waals surface area contributed by atoms with Gasteiger partial charge in [-0.2, -0.15) is 0 Å².